The van der Waals surface area contributed by atoms with Gasteiger partial charge in [0.15, 0.2) is 0 Å². The van der Waals surface area contributed by atoms with E-state index in [1.165, 1.54) is 40.2 Å². The maximum atomic E-state index is 5.67. The van der Waals surface area contributed by atoms with Gasteiger partial charge >= 0.3 is 0 Å². The Hall–Kier alpha value is -1.84. The highest BCUT2D eigenvalue weighted by atomic mass is 16.5. The number of aromatic nitrogens is 1. The van der Waals surface area contributed by atoms with E-state index < -0.39 is 0 Å². The summed E-state index contributed by atoms with van der Waals surface area (Å²) in [4.78, 5) is 0. The van der Waals surface area contributed by atoms with E-state index in [9.17, 15) is 0 Å². The van der Waals surface area contributed by atoms with Gasteiger partial charge in [0, 0.05) is 48.0 Å². The molecule has 0 bridgehead atoms. The monoisotopic (exact) mass is 308 g/mol. The first kappa shape index (κ1) is 14.7. The summed E-state index contributed by atoms with van der Waals surface area (Å²) in [5.41, 5.74) is 4.00. The van der Waals surface area contributed by atoms with Gasteiger partial charge in [-0.3, -0.25) is 0 Å². The van der Waals surface area contributed by atoms with Crippen molar-refractivity contribution in [1.82, 2.24) is 9.88 Å². The number of nitrogens with zero attached hydrogens (tertiary/aromatic N) is 1. The fourth-order valence-electron chi connectivity index (χ4n) is 3.73. The van der Waals surface area contributed by atoms with E-state index in [2.05, 4.69) is 59.3 Å². The van der Waals surface area contributed by atoms with Gasteiger partial charge < -0.3 is 14.6 Å². The number of hydrogen-bond donors (Lipinski definition) is 1. The van der Waals surface area contributed by atoms with Gasteiger partial charge in [0.25, 0.3) is 0 Å². The van der Waals surface area contributed by atoms with Crippen molar-refractivity contribution in [3.63, 3.8) is 0 Å². The molecule has 1 N–H and O–H groups in total. The van der Waals surface area contributed by atoms with Gasteiger partial charge in [-0.05, 0) is 43.5 Å². The first-order chi connectivity index (χ1) is 11.4. The summed E-state index contributed by atoms with van der Waals surface area (Å²) in [7, 11) is 0. The molecule has 2 heterocycles. The third-order valence-corrected chi connectivity index (χ3v) is 4.88. The van der Waals surface area contributed by atoms with Crippen LogP contribution in [0.2, 0.25) is 0 Å². The molecule has 3 nitrogen and oxygen atoms in total. The molecule has 120 valence electrons. The summed E-state index contributed by atoms with van der Waals surface area (Å²) in [6, 6.07) is 15.5. The average molecular weight is 308 g/mol. The highest BCUT2D eigenvalue weighted by molar-refractivity contribution is 6.08. The molecule has 1 aliphatic rings. The number of nitrogens with one attached hydrogen (secondary N) is 1. The van der Waals surface area contributed by atoms with Gasteiger partial charge in [-0.15, -0.1) is 0 Å². The van der Waals surface area contributed by atoms with Crippen molar-refractivity contribution < 1.29 is 4.74 Å². The van der Waals surface area contributed by atoms with Crippen molar-refractivity contribution in [2.45, 2.75) is 39.0 Å². The van der Waals surface area contributed by atoms with Crippen LogP contribution in [0.25, 0.3) is 21.8 Å². The van der Waals surface area contributed by atoms with Crippen LogP contribution in [0.3, 0.4) is 0 Å². The number of ether oxygens (including phenoxy) is 1. The zero-order chi connectivity index (χ0) is 15.6. The molecule has 1 aliphatic heterocycles. The summed E-state index contributed by atoms with van der Waals surface area (Å²) in [5, 5.41) is 6.26. The second-order valence-corrected chi connectivity index (χ2v) is 6.38. The lowest BCUT2D eigenvalue weighted by atomic mass is 10.1. The summed E-state index contributed by atoms with van der Waals surface area (Å²) in [6.07, 6.45) is 2.80. The van der Waals surface area contributed by atoms with Crippen LogP contribution in [0.15, 0.2) is 42.5 Å². The molecule has 23 heavy (non-hydrogen) atoms. The van der Waals surface area contributed by atoms with E-state index in [1.807, 2.05) is 0 Å². The lowest BCUT2D eigenvalue weighted by Crippen LogP contribution is -2.25. The maximum absolute atomic E-state index is 5.67. The normalized spacial score (nSPS) is 18.2. The first-order valence-corrected chi connectivity index (χ1v) is 8.69. The molecule has 2 aromatic carbocycles. The summed E-state index contributed by atoms with van der Waals surface area (Å²) >= 11 is 0. The van der Waals surface area contributed by atoms with Crippen LogP contribution in [0, 0.1) is 0 Å². The van der Waals surface area contributed by atoms with Crippen molar-refractivity contribution in [2.75, 3.05) is 13.2 Å². The third-order valence-electron chi connectivity index (χ3n) is 4.88. The maximum Gasteiger partial charge on any atom is 0.0700 e. The molecule has 1 aromatic heterocycles. The summed E-state index contributed by atoms with van der Waals surface area (Å²) in [5.74, 6) is 0. The smallest absolute Gasteiger partial charge is 0.0700 e. The van der Waals surface area contributed by atoms with Crippen LogP contribution >= 0.6 is 0 Å². The van der Waals surface area contributed by atoms with Crippen molar-refractivity contribution in [3.8, 4) is 0 Å². The minimum absolute atomic E-state index is 0.403. The predicted molar refractivity (Wildman–Crippen MR) is 95.8 cm³/mol. The lowest BCUT2D eigenvalue weighted by Gasteiger charge is -2.11. The Kier molecular flexibility index (Phi) is 4.06. The molecule has 3 aromatic rings. The van der Waals surface area contributed by atoms with Crippen molar-refractivity contribution in [1.29, 1.82) is 0 Å². The van der Waals surface area contributed by atoms with Crippen LogP contribution in [0.1, 0.15) is 25.3 Å². The van der Waals surface area contributed by atoms with E-state index in [1.54, 1.807) is 0 Å². The minimum atomic E-state index is 0.403. The molecule has 0 unspecified atom stereocenters. The Labute approximate surface area is 137 Å². The zero-order valence-electron chi connectivity index (χ0n) is 13.7. The van der Waals surface area contributed by atoms with Crippen LogP contribution in [-0.4, -0.2) is 23.8 Å². The van der Waals surface area contributed by atoms with Gasteiger partial charge in [-0.2, -0.15) is 0 Å². The number of hydrogen-bond acceptors (Lipinski definition) is 2. The Morgan fingerprint density at radius 1 is 1.13 bits per heavy atom. The number of rotatable bonds is 5. The fourth-order valence-corrected chi connectivity index (χ4v) is 3.73. The van der Waals surface area contributed by atoms with Gasteiger partial charge in [0.1, 0.15) is 0 Å². The van der Waals surface area contributed by atoms with E-state index in [4.69, 9.17) is 4.74 Å². The highest BCUT2D eigenvalue weighted by Gasteiger charge is 2.14. The molecule has 3 heteroatoms. The van der Waals surface area contributed by atoms with E-state index in [-0.39, 0.29) is 0 Å². The Morgan fingerprint density at radius 3 is 2.83 bits per heavy atom. The van der Waals surface area contributed by atoms with Gasteiger partial charge in [0.05, 0.1) is 6.10 Å². The molecule has 1 saturated heterocycles. The standard InChI is InChI=1S/C20H24N2O/c1-2-22-19-8-4-3-7-17(19)18-12-15(9-10-20(18)22)13-21-14-16-6-5-11-23-16/h3-4,7-10,12,16,21H,2,5-6,11,13-14H2,1H3/t16-/m1/s1. The second kappa shape index (κ2) is 6.34. The average Bonchev–Trinajstić information content (AvgIpc) is 3.20. The van der Waals surface area contributed by atoms with Crippen molar-refractivity contribution in [3.05, 3.63) is 48.0 Å². The molecule has 0 radical (unpaired) electrons. The van der Waals surface area contributed by atoms with Gasteiger partial charge in [-0.1, -0.05) is 24.3 Å². The molecule has 1 fully saturated rings. The molecule has 4 rings (SSSR count). The van der Waals surface area contributed by atoms with Crippen LogP contribution in [0.4, 0.5) is 0 Å². The van der Waals surface area contributed by atoms with Gasteiger partial charge in [0.2, 0.25) is 0 Å². The molecule has 0 amide bonds. The molecule has 1 atom stereocenters. The molecular formula is C20H24N2O. The van der Waals surface area contributed by atoms with Gasteiger partial charge in [-0.25, -0.2) is 0 Å². The number of para-hydroxylation sites is 1. The highest BCUT2D eigenvalue weighted by Crippen LogP contribution is 2.29. The molecular weight excluding hydrogens is 284 g/mol. The third kappa shape index (κ3) is 2.75. The van der Waals surface area contributed by atoms with Crippen LogP contribution in [-0.2, 0) is 17.8 Å². The number of benzene rings is 2. The molecule has 0 saturated carbocycles. The van der Waals surface area contributed by atoms with Crippen molar-refractivity contribution >= 4 is 21.8 Å². The lowest BCUT2D eigenvalue weighted by molar-refractivity contribution is 0.110. The fraction of sp³-hybridized carbons (Fsp3) is 0.400. The summed E-state index contributed by atoms with van der Waals surface area (Å²) < 4.78 is 8.07. The Balaban J connectivity index is 1.60. The minimum Gasteiger partial charge on any atom is -0.377 e. The SMILES string of the molecule is CCn1c2ccccc2c2cc(CNC[C@H]3CCCO3)ccc21. The quantitative estimate of drug-likeness (QED) is 0.768. The van der Waals surface area contributed by atoms with Crippen molar-refractivity contribution in [2.24, 2.45) is 0 Å². The molecule has 0 spiro atoms. The predicted octanol–water partition coefficient (Wildman–Crippen LogP) is 4.08. The van der Waals surface area contributed by atoms with E-state index >= 15 is 0 Å². The van der Waals surface area contributed by atoms with E-state index in [0.717, 1.165) is 26.2 Å². The zero-order valence-corrected chi connectivity index (χ0v) is 13.7. The van der Waals surface area contributed by atoms with Crippen LogP contribution < -0.4 is 5.32 Å². The first-order valence-electron chi connectivity index (χ1n) is 8.69. The second-order valence-electron chi connectivity index (χ2n) is 6.38. The number of fused-ring (bicyclic) bond motifs is 3. The Morgan fingerprint density at radius 2 is 2.00 bits per heavy atom. The number of aryl methyl sites for hydroxylation is 1. The van der Waals surface area contributed by atoms with Crippen LogP contribution in [0.5, 0.6) is 0 Å². The largest absolute Gasteiger partial charge is 0.377 e. The molecule has 0 aliphatic carbocycles. The summed E-state index contributed by atoms with van der Waals surface area (Å²) in [6.45, 7) is 5.99. The topological polar surface area (TPSA) is 26.2 Å². The van der Waals surface area contributed by atoms with E-state index in [0.29, 0.717) is 6.10 Å². The Bertz CT molecular complexity index is 815.